The van der Waals surface area contributed by atoms with Gasteiger partial charge in [-0.3, -0.25) is 0 Å². The summed E-state index contributed by atoms with van der Waals surface area (Å²) in [6.07, 6.45) is 0.674. The van der Waals surface area contributed by atoms with Crippen molar-refractivity contribution in [3.63, 3.8) is 0 Å². The summed E-state index contributed by atoms with van der Waals surface area (Å²) in [5, 5.41) is 17.0. The highest BCUT2D eigenvalue weighted by Gasteiger charge is 2.34. The topological polar surface area (TPSA) is 109 Å². The number of aromatic nitrogens is 2. The number of hydrogen-bond acceptors (Lipinski definition) is 8. The quantitative estimate of drug-likeness (QED) is 0.586. The van der Waals surface area contributed by atoms with Crippen LogP contribution < -0.4 is 26.0 Å². The molecule has 0 aliphatic carbocycles. The summed E-state index contributed by atoms with van der Waals surface area (Å²) in [4.78, 5) is 11.3. The van der Waals surface area contributed by atoms with Gasteiger partial charge in [0.05, 0.1) is 12.7 Å². The molecule has 1 fully saturated rings. The van der Waals surface area contributed by atoms with E-state index in [9.17, 15) is 5.11 Å². The summed E-state index contributed by atoms with van der Waals surface area (Å²) < 4.78 is 5.21. The summed E-state index contributed by atoms with van der Waals surface area (Å²) in [6.45, 7) is 9.74. The van der Waals surface area contributed by atoms with Gasteiger partial charge in [-0.2, -0.15) is 9.97 Å². The predicted molar refractivity (Wildman–Crippen MR) is 118 cm³/mol. The third kappa shape index (κ3) is 5.41. The molecule has 1 aromatic heterocycles. The number of benzene rings is 1. The Morgan fingerprint density at radius 1 is 1.24 bits per heavy atom. The fourth-order valence-electron chi connectivity index (χ4n) is 3.28. The van der Waals surface area contributed by atoms with E-state index in [1.54, 1.807) is 7.11 Å². The molecule has 1 saturated heterocycles. The van der Waals surface area contributed by atoms with E-state index in [4.69, 9.17) is 10.5 Å². The van der Waals surface area contributed by atoms with Gasteiger partial charge in [0.25, 0.3) is 0 Å². The van der Waals surface area contributed by atoms with E-state index in [1.807, 2.05) is 36.1 Å². The number of rotatable bonds is 6. The number of β-amino-alcohol motifs (C(OH)–C–C–N with tert-alkyl or cyclic N) is 1. The van der Waals surface area contributed by atoms with Crippen LogP contribution in [0.5, 0.6) is 5.75 Å². The lowest BCUT2D eigenvalue weighted by Gasteiger charge is -2.26. The normalized spacial score (nSPS) is 19.3. The van der Waals surface area contributed by atoms with Crippen LogP contribution in [0.2, 0.25) is 0 Å². The third-order valence-electron chi connectivity index (χ3n) is 4.78. The Kier molecular flexibility index (Phi) is 5.75. The molecule has 8 heteroatoms. The summed E-state index contributed by atoms with van der Waals surface area (Å²) in [5.74, 6) is 2.53. The van der Waals surface area contributed by atoms with Crippen LogP contribution in [0.15, 0.2) is 24.3 Å². The van der Waals surface area contributed by atoms with Crippen LogP contribution in [0.25, 0.3) is 0 Å². The van der Waals surface area contributed by atoms with E-state index in [0.717, 1.165) is 11.3 Å². The highest BCUT2D eigenvalue weighted by Crippen LogP contribution is 2.34. The van der Waals surface area contributed by atoms with E-state index in [-0.39, 0.29) is 5.54 Å². The standard InChI is InChI=1S/C21H32N6O2/c1-20(2,3)26-19-24-17(23-12-14-6-8-15(29-5)9-7-14)16(22)18(25-19)27-11-10-21(4,28)13-27/h6-9,28H,10-13,22H2,1-5H3,(H2,23,24,25,26)/t21-/m0/s1. The molecule has 0 saturated carbocycles. The molecular formula is C21H32N6O2. The van der Waals surface area contributed by atoms with Crippen LogP contribution in [0, 0.1) is 0 Å². The van der Waals surface area contributed by atoms with Crippen molar-refractivity contribution in [2.24, 2.45) is 0 Å². The molecule has 1 aromatic carbocycles. The summed E-state index contributed by atoms with van der Waals surface area (Å²) >= 11 is 0. The van der Waals surface area contributed by atoms with Crippen molar-refractivity contribution in [3.05, 3.63) is 29.8 Å². The summed E-state index contributed by atoms with van der Waals surface area (Å²) in [7, 11) is 1.65. The molecule has 8 nitrogen and oxygen atoms in total. The Morgan fingerprint density at radius 3 is 2.48 bits per heavy atom. The Morgan fingerprint density at radius 2 is 1.93 bits per heavy atom. The molecule has 0 bridgehead atoms. The fourth-order valence-corrected chi connectivity index (χ4v) is 3.28. The second-order valence-corrected chi connectivity index (χ2v) is 8.88. The van der Waals surface area contributed by atoms with Gasteiger partial charge in [-0.1, -0.05) is 12.1 Å². The lowest BCUT2D eigenvalue weighted by molar-refractivity contribution is 0.0839. The summed E-state index contributed by atoms with van der Waals surface area (Å²) in [5.41, 5.74) is 7.06. The first-order valence-electron chi connectivity index (χ1n) is 9.86. The van der Waals surface area contributed by atoms with Crippen molar-refractivity contribution in [1.29, 1.82) is 0 Å². The van der Waals surface area contributed by atoms with Crippen molar-refractivity contribution in [3.8, 4) is 5.75 Å². The maximum atomic E-state index is 10.4. The molecular weight excluding hydrogens is 368 g/mol. The van der Waals surface area contributed by atoms with Gasteiger partial charge in [-0.15, -0.1) is 0 Å². The minimum atomic E-state index is -0.744. The van der Waals surface area contributed by atoms with E-state index in [0.29, 0.717) is 49.3 Å². The number of hydrogen-bond donors (Lipinski definition) is 4. The van der Waals surface area contributed by atoms with Gasteiger partial charge in [0, 0.05) is 25.2 Å². The highest BCUT2D eigenvalue weighted by atomic mass is 16.5. The van der Waals surface area contributed by atoms with E-state index >= 15 is 0 Å². The predicted octanol–water partition coefficient (Wildman–Crippen LogP) is 2.85. The molecule has 1 atom stereocenters. The van der Waals surface area contributed by atoms with Gasteiger partial charge in [0.1, 0.15) is 11.4 Å². The molecule has 0 radical (unpaired) electrons. The average Bonchev–Trinajstić information content (AvgIpc) is 3.00. The highest BCUT2D eigenvalue weighted by molar-refractivity contribution is 5.77. The van der Waals surface area contributed by atoms with Crippen LogP contribution in [-0.2, 0) is 6.54 Å². The van der Waals surface area contributed by atoms with Crippen molar-refractivity contribution in [1.82, 2.24) is 9.97 Å². The van der Waals surface area contributed by atoms with Crippen molar-refractivity contribution in [2.45, 2.75) is 51.8 Å². The molecule has 1 aliphatic rings. The van der Waals surface area contributed by atoms with E-state index < -0.39 is 5.60 Å². The van der Waals surface area contributed by atoms with Crippen molar-refractivity contribution in [2.75, 3.05) is 41.5 Å². The molecule has 2 heterocycles. The van der Waals surface area contributed by atoms with Crippen molar-refractivity contribution >= 4 is 23.3 Å². The molecule has 0 unspecified atom stereocenters. The molecule has 5 N–H and O–H groups in total. The number of methoxy groups -OCH3 is 1. The van der Waals surface area contributed by atoms with Crippen LogP contribution in [0.4, 0.5) is 23.3 Å². The molecule has 29 heavy (non-hydrogen) atoms. The molecule has 158 valence electrons. The van der Waals surface area contributed by atoms with Gasteiger partial charge in [0.15, 0.2) is 11.6 Å². The Bertz CT molecular complexity index is 845. The lowest BCUT2D eigenvalue weighted by atomic mass is 10.1. The largest absolute Gasteiger partial charge is 0.497 e. The molecule has 0 spiro atoms. The second kappa shape index (κ2) is 7.94. The van der Waals surface area contributed by atoms with Gasteiger partial charge < -0.3 is 31.1 Å². The molecule has 2 aromatic rings. The van der Waals surface area contributed by atoms with E-state index in [2.05, 4.69) is 41.4 Å². The van der Waals surface area contributed by atoms with Gasteiger partial charge in [-0.25, -0.2) is 0 Å². The van der Waals surface area contributed by atoms with Gasteiger partial charge in [-0.05, 0) is 51.8 Å². The maximum Gasteiger partial charge on any atom is 0.227 e. The molecule has 0 amide bonds. The number of aliphatic hydroxyl groups is 1. The van der Waals surface area contributed by atoms with E-state index in [1.165, 1.54) is 0 Å². The first-order valence-corrected chi connectivity index (χ1v) is 9.86. The number of nitrogen functional groups attached to an aromatic ring is 1. The smallest absolute Gasteiger partial charge is 0.227 e. The Labute approximate surface area is 172 Å². The van der Waals surface area contributed by atoms with Crippen LogP contribution >= 0.6 is 0 Å². The number of anilines is 4. The zero-order chi connectivity index (χ0) is 21.2. The number of nitrogens with zero attached hydrogens (tertiary/aromatic N) is 3. The summed E-state index contributed by atoms with van der Waals surface area (Å²) in [6, 6.07) is 7.83. The first-order chi connectivity index (χ1) is 13.6. The van der Waals surface area contributed by atoms with Gasteiger partial charge in [0.2, 0.25) is 5.95 Å². The Balaban J connectivity index is 1.87. The monoisotopic (exact) mass is 400 g/mol. The minimum absolute atomic E-state index is 0.197. The number of nitrogens with two attached hydrogens (primary N) is 1. The SMILES string of the molecule is COc1ccc(CNc2nc(NC(C)(C)C)nc(N3CC[C@](C)(O)C3)c2N)cc1. The number of ether oxygens (including phenoxy) is 1. The fraction of sp³-hybridized carbons (Fsp3) is 0.524. The molecule has 1 aliphatic heterocycles. The first kappa shape index (κ1) is 21.0. The van der Waals surface area contributed by atoms with Crippen LogP contribution in [-0.4, -0.2) is 46.4 Å². The van der Waals surface area contributed by atoms with Crippen LogP contribution in [0.3, 0.4) is 0 Å². The maximum absolute atomic E-state index is 10.4. The molecule has 3 rings (SSSR count). The zero-order valence-electron chi connectivity index (χ0n) is 17.9. The Hall–Kier alpha value is -2.74. The number of nitrogens with one attached hydrogen (secondary N) is 2. The second-order valence-electron chi connectivity index (χ2n) is 8.88. The lowest BCUT2D eigenvalue weighted by Crippen LogP contribution is -2.32. The van der Waals surface area contributed by atoms with Crippen LogP contribution in [0.1, 0.15) is 39.7 Å². The third-order valence-corrected chi connectivity index (χ3v) is 4.78. The minimum Gasteiger partial charge on any atom is -0.497 e. The van der Waals surface area contributed by atoms with Crippen molar-refractivity contribution < 1.29 is 9.84 Å². The zero-order valence-corrected chi connectivity index (χ0v) is 17.9. The van der Waals surface area contributed by atoms with Gasteiger partial charge >= 0.3 is 0 Å². The average molecular weight is 401 g/mol.